The molecular formula is C11H11IN2OS2. The van der Waals surface area contributed by atoms with Gasteiger partial charge in [-0.1, -0.05) is 6.92 Å². The molecule has 0 spiro atoms. The maximum atomic E-state index is 11.8. The molecule has 3 nitrogen and oxygen atoms in total. The fourth-order valence-electron chi connectivity index (χ4n) is 1.28. The summed E-state index contributed by atoms with van der Waals surface area (Å²) in [5.74, 6) is -0.0302. The van der Waals surface area contributed by atoms with Crippen LogP contribution in [0.25, 0.3) is 0 Å². The zero-order chi connectivity index (χ0) is 12.3. The van der Waals surface area contributed by atoms with E-state index in [0.717, 1.165) is 19.9 Å². The summed E-state index contributed by atoms with van der Waals surface area (Å²) in [6.07, 6.45) is 2.87. The Morgan fingerprint density at radius 3 is 3.00 bits per heavy atom. The van der Waals surface area contributed by atoms with Gasteiger partial charge in [0.25, 0.3) is 5.91 Å². The molecule has 0 aliphatic rings. The van der Waals surface area contributed by atoms with Crippen molar-refractivity contribution in [3.05, 3.63) is 36.0 Å². The van der Waals surface area contributed by atoms with E-state index in [4.69, 9.17) is 0 Å². The summed E-state index contributed by atoms with van der Waals surface area (Å²) in [5.41, 5.74) is 0.728. The van der Waals surface area contributed by atoms with Crippen molar-refractivity contribution < 1.29 is 4.79 Å². The van der Waals surface area contributed by atoms with Crippen LogP contribution < -0.4 is 5.32 Å². The van der Waals surface area contributed by atoms with Crippen molar-refractivity contribution in [1.29, 1.82) is 0 Å². The molecule has 2 aromatic heterocycles. The number of aryl methyl sites for hydroxylation is 1. The smallest absolute Gasteiger partial charge is 0.252 e. The molecule has 1 amide bonds. The zero-order valence-corrected chi connectivity index (χ0v) is 13.0. The van der Waals surface area contributed by atoms with Crippen molar-refractivity contribution in [2.24, 2.45) is 0 Å². The first-order valence-electron chi connectivity index (χ1n) is 5.15. The minimum Gasteiger partial charge on any atom is -0.345 e. The van der Waals surface area contributed by atoms with Crippen LogP contribution in [0.2, 0.25) is 0 Å². The van der Waals surface area contributed by atoms with Crippen LogP contribution in [0.1, 0.15) is 27.2 Å². The second-order valence-electron chi connectivity index (χ2n) is 3.40. The monoisotopic (exact) mass is 378 g/mol. The summed E-state index contributed by atoms with van der Waals surface area (Å²) in [6, 6.07) is 1.89. The van der Waals surface area contributed by atoms with Gasteiger partial charge in [0, 0.05) is 16.5 Å². The second-order valence-corrected chi connectivity index (χ2v) is 7.40. The molecule has 1 N–H and O–H groups in total. The summed E-state index contributed by atoms with van der Waals surface area (Å²) in [6.45, 7) is 2.61. The third-order valence-corrected chi connectivity index (χ3v) is 5.11. The van der Waals surface area contributed by atoms with Crippen molar-refractivity contribution in [3.63, 3.8) is 0 Å². The van der Waals surface area contributed by atoms with Crippen LogP contribution in [-0.2, 0) is 13.0 Å². The zero-order valence-electron chi connectivity index (χ0n) is 9.20. The summed E-state index contributed by atoms with van der Waals surface area (Å²) in [5, 5.41) is 5.71. The van der Waals surface area contributed by atoms with Crippen LogP contribution in [-0.4, -0.2) is 10.9 Å². The second kappa shape index (κ2) is 5.92. The summed E-state index contributed by atoms with van der Waals surface area (Å²) >= 11 is 5.44. The Bertz CT molecular complexity index is 521. The lowest BCUT2D eigenvalue weighted by Crippen LogP contribution is -2.22. The lowest BCUT2D eigenvalue weighted by Gasteiger charge is -1.99. The minimum absolute atomic E-state index is 0.0302. The molecule has 6 heteroatoms. The molecule has 0 radical (unpaired) electrons. The number of hydrogen-bond acceptors (Lipinski definition) is 4. The Hall–Kier alpha value is -0.470. The third-order valence-electron chi connectivity index (χ3n) is 2.18. The van der Waals surface area contributed by atoms with E-state index < -0.39 is 0 Å². The Balaban J connectivity index is 1.92. The van der Waals surface area contributed by atoms with Crippen molar-refractivity contribution in [2.45, 2.75) is 19.9 Å². The molecule has 0 saturated heterocycles. The number of carbonyl (C=O) groups is 1. The van der Waals surface area contributed by atoms with E-state index in [1.54, 1.807) is 22.7 Å². The van der Waals surface area contributed by atoms with E-state index >= 15 is 0 Å². The number of nitrogens with zero attached hydrogens (tertiary/aromatic N) is 1. The number of hydrogen-bond donors (Lipinski definition) is 1. The minimum atomic E-state index is -0.0302. The van der Waals surface area contributed by atoms with E-state index in [2.05, 4.69) is 39.8 Å². The lowest BCUT2D eigenvalue weighted by atomic mass is 10.3. The van der Waals surface area contributed by atoms with Gasteiger partial charge >= 0.3 is 0 Å². The standard InChI is InChI=1S/C11H11IN2OS2/c1-2-8-4-13-10(17-8)5-14-11(15)7-3-9(12)16-6-7/h3-4,6H,2,5H2,1H3,(H,14,15). The van der Waals surface area contributed by atoms with Crippen LogP contribution >= 0.6 is 45.3 Å². The molecule has 0 unspecified atom stereocenters. The van der Waals surface area contributed by atoms with Crippen molar-refractivity contribution in [1.82, 2.24) is 10.3 Å². The SMILES string of the molecule is CCc1cnc(CNC(=O)c2csc(I)c2)s1. The molecule has 2 rings (SSSR count). The van der Waals surface area contributed by atoms with E-state index in [9.17, 15) is 4.79 Å². The number of amides is 1. The van der Waals surface area contributed by atoms with Crippen molar-refractivity contribution in [3.8, 4) is 0 Å². The van der Waals surface area contributed by atoms with Gasteiger partial charge in [-0.3, -0.25) is 4.79 Å². The molecule has 17 heavy (non-hydrogen) atoms. The molecule has 0 fully saturated rings. The quantitative estimate of drug-likeness (QED) is 0.830. The number of thiazole rings is 1. The summed E-state index contributed by atoms with van der Waals surface area (Å²) in [4.78, 5) is 17.3. The Morgan fingerprint density at radius 2 is 2.41 bits per heavy atom. The predicted molar refractivity (Wildman–Crippen MR) is 79.7 cm³/mol. The van der Waals surface area contributed by atoms with Gasteiger partial charge < -0.3 is 5.32 Å². The average Bonchev–Trinajstić information content (AvgIpc) is 2.94. The van der Waals surface area contributed by atoms with Crippen LogP contribution in [0.3, 0.4) is 0 Å². The molecule has 0 atom stereocenters. The number of carbonyl (C=O) groups excluding carboxylic acids is 1. The number of halogens is 1. The molecule has 0 aliphatic heterocycles. The first-order chi connectivity index (χ1) is 8.19. The highest BCUT2D eigenvalue weighted by Gasteiger charge is 2.08. The normalized spacial score (nSPS) is 10.5. The van der Waals surface area contributed by atoms with E-state index in [-0.39, 0.29) is 5.91 Å². The van der Waals surface area contributed by atoms with Crippen molar-refractivity contribution >= 4 is 51.2 Å². The first kappa shape index (κ1) is 13.0. The fourth-order valence-corrected chi connectivity index (χ4v) is 3.41. The summed E-state index contributed by atoms with van der Waals surface area (Å²) in [7, 11) is 0. The van der Waals surface area contributed by atoms with Crippen LogP contribution in [0.5, 0.6) is 0 Å². The van der Waals surface area contributed by atoms with Crippen molar-refractivity contribution in [2.75, 3.05) is 0 Å². The molecule has 0 saturated carbocycles. The van der Waals surface area contributed by atoms with Gasteiger partial charge in [-0.25, -0.2) is 4.98 Å². The van der Waals surface area contributed by atoms with Gasteiger partial charge in [-0.2, -0.15) is 0 Å². The largest absolute Gasteiger partial charge is 0.345 e. The van der Waals surface area contributed by atoms with E-state index in [1.807, 2.05) is 17.6 Å². The molecular weight excluding hydrogens is 367 g/mol. The average molecular weight is 378 g/mol. The van der Waals surface area contributed by atoms with Gasteiger partial charge in [0.15, 0.2) is 0 Å². The van der Waals surface area contributed by atoms with Gasteiger partial charge in [-0.05, 0) is 35.1 Å². The highest BCUT2D eigenvalue weighted by molar-refractivity contribution is 14.1. The number of thiophene rings is 1. The third kappa shape index (κ3) is 3.49. The molecule has 0 bridgehead atoms. The number of rotatable bonds is 4. The van der Waals surface area contributed by atoms with Crippen LogP contribution in [0.4, 0.5) is 0 Å². The first-order valence-corrected chi connectivity index (χ1v) is 7.92. The highest BCUT2D eigenvalue weighted by Crippen LogP contribution is 2.17. The Labute approximate surface area is 121 Å². The highest BCUT2D eigenvalue weighted by atomic mass is 127. The molecule has 0 aliphatic carbocycles. The summed E-state index contributed by atoms with van der Waals surface area (Å²) < 4.78 is 1.12. The fraction of sp³-hybridized carbons (Fsp3) is 0.273. The lowest BCUT2D eigenvalue weighted by molar-refractivity contribution is 0.0951. The van der Waals surface area contributed by atoms with E-state index in [1.165, 1.54) is 4.88 Å². The maximum absolute atomic E-state index is 11.8. The predicted octanol–water partition coefficient (Wildman–Crippen LogP) is 3.30. The van der Waals surface area contributed by atoms with Gasteiger partial charge in [0.2, 0.25) is 0 Å². The van der Waals surface area contributed by atoms with Gasteiger partial charge in [0.05, 0.1) is 15.0 Å². The van der Waals surface area contributed by atoms with Gasteiger partial charge in [0.1, 0.15) is 5.01 Å². The molecule has 0 aromatic carbocycles. The van der Waals surface area contributed by atoms with E-state index in [0.29, 0.717) is 6.54 Å². The van der Waals surface area contributed by atoms with Crippen LogP contribution in [0.15, 0.2) is 17.6 Å². The topological polar surface area (TPSA) is 42.0 Å². The van der Waals surface area contributed by atoms with Crippen LogP contribution in [0, 0.1) is 2.88 Å². The molecule has 2 heterocycles. The number of nitrogens with one attached hydrogen (secondary N) is 1. The van der Waals surface area contributed by atoms with Gasteiger partial charge in [-0.15, -0.1) is 22.7 Å². The number of aromatic nitrogens is 1. The molecule has 2 aromatic rings. The molecule has 90 valence electrons. The Morgan fingerprint density at radius 1 is 1.59 bits per heavy atom. The Kier molecular flexibility index (Phi) is 4.52. The maximum Gasteiger partial charge on any atom is 0.252 e.